The first kappa shape index (κ1) is 12.1. The Kier molecular flexibility index (Phi) is 2.96. The lowest BCUT2D eigenvalue weighted by molar-refractivity contribution is 0.106. The van der Waals surface area contributed by atoms with Gasteiger partial charge in [-0.05, 0) is 17.7 Å². The summed E-state index contributed by atoms with van der Waals surface area (Å²) >= 11 is 1.74. The highest BCUT2D eigenvalue weighted by Crippen LogP contribution is 2.36. The highest BCUT2D eigenvalue weighted by Gasteiger charge is 2.22. The highest BCUT2D eigenvalue weighted by molar-refractivity contribution is 8.00. The van der Waals surface area contributed by atoms with Gasteiger partial charge in [0.15, 0.2) is 0 Å². The molecule has 1 aromatic rings. The summed E-state index contributed by atoms with van der Waals surface area (Å²) in [6.45, 7) is 6.44. The minimum absolute atomic E-state index is 0.0652. The van der Waals surface area contributed by atoms with Gasteiger partial charge in [-0.2, -0.15) is 0 Å². The Morgan fingerprint density at radius 2 is 1.88 bits per heavy atom. The van der Waals surface area contributed by atoms with Crippen molar-refractivity contribution in [3.8, 4) is 0 Å². The third-order valence-corrected chi connectivity index (χ3v) is 3.58. The molecule has 0 radical (unpaired) electrons. The zero-order valence-corrected chi connectivity index (χ0v) is 11.0. The van der Waals surface area contributed by atoms with E-state index in [0.717, 1.165) is 10.5 Å². The SMILES string of the molecule is CC(C)(C)Sc1cccc2c1C=CC(=N)C2=O. The standard InChI is InChI=1S/C14H15NOS/c1-14(2,3)17-12-6-4-5-10-9(12)7-8-11(15)13(10)16/h4-8,15H,1-3H3. The van der Waals surface area contributed by atoms with Crippen molar-refractivity contribution in [3.05, 3.63) is 35.4 Å². The second kappa shape index (κ2) is 4.15. The van der Waals surface area contributed by atoms with E-state index in [4.69, 9.17) is 5.41 Å². The number of Topliss-reactive ketones (excluding diaryl/α,β-unsaturated/α-hetero) is 1. The molecule has 0 atom stereocenters. The molecule has 1 N–H and O–H groups in total. The zero-order valence-electron chi connectivity index (χ0n) is 10.2. The van der Waals surface area contributed by atoms with E-state index in [9.17, 15) is 4.79 Å². The Morgan fingerprint density at radius 3 is 2.53 bits per heavy atom. The second-order valence-electron chi connectivity index (χ2n) is 5.01. The predicted molar refractivity (Wildman–Crippen MR) is 73.1 cm³/mol. The summed E-state index contributed by atoms with van der Waals surface area (Å²) < 4.78 is 0.108. The van der Waals surface area contributed by atoms with Gasteiger partial charge >= 0.3 is 0 Å². The lowest BCUT2D eigenvalue weighted by atomic mass is 9.95. The van der Waals surface area contributed by atoms with Gasteiger partial charge in [0.25, 0.3) is 0 Å². The lowest BCUT2D eigenvalue weighted by Gasteiger charge is -2.21. The number of rotatable bonds is 1. The van der Waals surface area contributed by atoms with Crippen LogP contribution in [-0.4, -0.2) is 16.2 Å². The van der Waals surface area contributed by atoms with Gasteiger partial charge in [0, 0.05) is 15.2 Å². The fourth-order valence-electron chi connectivity index (χ4n) is 1.72. The normalized spacial score (nSPS) is 15.0. The lowest BCUT2D eigenvalue weighted by Crippen LogP contribution is -2.16. The van der Waals surface area contributed by atoms with Crippen molar-refractivity contribution in [2.45, 2.75) is 30.4 Å². The maximum Gasteiger partial charge on any atom is 0.211 e. The average molecular weight is 245 g/mol. The highest BCUT2D eigenvalue weighted by atomic mass is 32.2. The molecule has 2 rings (SSSR count). The van der Waals surface area contributed by atoms with Crippen molar-refractivity contribution in [2.24, 2.45) is 0 Å². The van der Waals surface area contributed by atoms with Crippen molar-refractivity contribution < 1.29 is 4.79 Å². The number of nitrogens with one attached hydrogen (secondary N) is 1. The van der Waals surface area contributed by atoms with Crippen LogP contribution in [0.1, 0.15) is 36.7 Å². The number of allylic oxidation sites excluding steroid dienone is 1. The quantitative estimate of drug-likeness (QED) is 0.764. The first-order valence-corrected chi connectivity index (χ1v) is 6.33. The number of ketones is 1. The van der Waals surface area contributed by atoms with Crippen molar-refractivity contribution >= 4 is 29.3 Å². The molecule has 1 aliphatic rings. The van der Waals surface area contributed by atoms with Crippen LogP contribution >= 0.6 is 11.8 Å². The van der Waals surface area contributed by atoms with Gasteiger partial charge in [0.05, 0.1) is 0 Å². The van der Waals surface area contributed by atoms with Gasteiger partial charge in [0.2, 0.25) is 5.78 Å². The maximum atomic E-state index is 11.8. The summed E-state index contributed by atoms with van der Waals surface area (Å²) in [5.74, 6) is -0.182. The van der Waals surface area contributed by atoms with Crippen molar-refractivity contribution in [2.75, 3.05) is 0 Å². The van der Waals surface area contributed by atoms with Crippen LogP contribution in [0.3, 0.4) is 0 Å². The minimum Gasteiger partial charge on any atom is -0.297 e. The molecule has 17 heavy (non-hydrogen) atoms. The summed E-state index contributed by atoms with van der Waals surface area (Å²) in [4.78, 5) is 13.0. The van der Waals surface area contributed by atoms with Crippen LogP contribution in [0.2, 0.25) is 0 Å². The molecule has 1 aromatic carbocycles. The van der Waals surface area contributed by atoms with E-state index in [1.54, 1.807) is 23.9 Å². The molecule has 0 spiro atoms. The number of benzene rings is 1. The Balaban J connectivity index is 2.50. The van der Waals surface area contributed by atoms with E-state index >= 15 is 0 Å². The van der Waals surface area contributed by atoms with E-state index < -0.39 is 0 Å². The largest absolute Gasteiger partial charge is 0.297 e. The van der Waals surface area contributed by atoms with Crippen molar-refractivity contribution in [3.63, 3.8) is 0 Å². The number of thioether (sulfide) groups is 1. The number of carbonyl (C=O) groups is 1. The summed E-state index contributed by atoms with van der Waals surface area (Å²) in [6.07, 6.45) is 3.45. The first-order valence-electron chi connectivity index (χ1n) is 5.52. The minimum atomic E-state index is -0.182. The molecule has 88 valence electrons. The smallest absolute Gasteiger partial charge is 0.211 e. The van der Waals surface area contributed by atoms with Gasteiger partial charge in [-0.15, -0.1) is 11.8 Å². The number of hydrogen-bond donors (Lipinski definition) is 1. The molecule has 0 saturated carbocycles. The van der Waals surface area contributed by atoms with Crippen molar-refractivity contribution in [1.82, 2.24) is 0 Å². The van der Waals surface area contributed by atoms with E-state index in [1.807, 2.05) is 18.2 Å². The third-order valence-electron chi connectivity index (χ3n) is 2.39. The number of fused-ring (bicyclic) bond motifs is 1. The van der Waals surface area contributed by atoms with Crippen LogP contribution in [-0.2, 0) is 0 Å². The second-order valence-corrected chi connectivity index (χ2v) is 6.88. The molecule has 0 heterocycles. The Labute approximate surface area is 106 Å². The zero-order chi connectivity index (χ0) is 12.6. The molecular formula is C14H15NOS. The first-order chi connectivity index (χ1) is 7.88. The predicted octanol–water partition coefficient (Wildman–Crippen LogP) is 3.81. The van der Waals surface area contributed by atoms with E-state index in [-0.39, 0.29) is 16.2 Å². The molecule has 0 fully saturated rings. The monoisotopic (exact) mass is 245 g/mol. The molecule has 2 nitrogen and oxygen atoms in total. The Bertz CT molecular complexity index is 524. The van der Waals surface area contributed by atoms with E-state index in [2.05, 4.69) is 20.8 Å². The third kappa shape index (κ3) is 2.50. The summed E-state index contributed by atoms with van der Waals surface area (Å²) in [6, 6.07) is 5.71. The van der Waals surface area contributed by atoms with Crippen LogP contribution in [0.15, 0.2) is 29.2 Å². The number of hydrogen-bond acceptors (Lipinski definition) is 3. The molecule has 0 aliphatic heterocycles. The van der Waals surface area contributed by atoms with E-state index in [0.29, 0.717) is 5.56 Å². The van der Waals surface area contributed by atoms with Crippen LogP contribution in [0.5, 0.6) is 0 Å². The molecule has 0 saturated heterocycles. The van der Waals surface area contributed by atoms with Crippen LogP contribution in [0.25, 0.3) is 6.08 Å². The molecule has 0 unspecified atom stereocenters. The summed E-state index contributed by atoms with van der Waals surface area (Å²) in [5, 5.41) is 7.53. The Hall–Kier alpha value is -1.35. The van der Waals surface area contributed by atoms with Gasteiger partial charge in [-0.3, -0.25) is 10.2 Å². The van der Waals surface area contributed by atoms with Gasteiger partial charge < -0.3 is 0 Å². The fraction of sp³-hybridized carbons (Fsp3) is 0.286. The average Bonchev–Trinajstić information content (AvgIpc) is 2.22. The van der Waals surface area contributed by atoms with Crippen LogP contribution in [0.4, 0.5) is 0 Å². The molecule has 0 bridgehead atoms. The van der Waals surface area contributed by atoms with Crippen molar-refractivity contribution in [1.29, 1.82) is 5.41 Å². The molecular weight excluding hydrogens is 230 g/mol. The summed E-state index contributed by atoms with van der Waals surface area (Å²) in [5.41, 5.74) is 1.66. The molecule has 3 heteroatoms. The maximum absolute atomic E-state index is 11.8. The Morgan fingerprint density at radius 1 is 1.18 bits per heavy atom. The topological polar surface area (TPSA) is 40.9 Å². The van der Waals surface area contributed by atoms with E-state index in [1.165, 1.54) is 0 Å². The molecule has 0 aromatic heterocycles. The molecule has 0 amide bonds. The fourth-order valence-corrected chi connectivity index (χ4v) is 2.81. The van der Waals surface area contributed by atoms with Gasteiger partial charge in [-0.25, -0.2) is 0 Å². The van der Waals surface area contributed by atoms with Crippen LogP contribution < -0.4 is 0 Å². The van der Waals surface area contributed by atoms with Gasteiger partial charge in [0.1, 0.15) is 5.71 Å². The number of carbonyl (C=O) groups excluding carboxylic acids is 1. The van der Waals surface area contributed by atoms with Gasteiger partial charge in [-0.1, -0.05) is 39.0 Å². The summed E-state index contributed by atoms with van der Waals surface area (Å²) in [7, 11) is 0. The molecule has 1 aliphatic carbocycles. The van der Waals surface area contributed by atoms with Crippen LogP contribution in [0, 0.1) is 5.41 Å².